The average molecular weight is 423 g/mol. The summed E-state index contributed by atoms with van der Waals surface area (Å²) in [5, 5.41) is 4.81. The van der Waals surface area contributed by atoms with Gasteiger partial charge in [0.1, 0.15) is 0 Å². The monoisotopic (exact) mass is 423 g/mol. The second kappa shape index (κ2) is 11.8. The Kier molecular flexibility index (Phi) is 9.52. The van der Waals surface area contributed by atoms with E-state index in [9.17, 15) is 19.2 Å². The molecule has 1 atom stereocenters. The van der Waals surface area contributed by atoms with E-state index in [-0.39, 0.29) is 32.7 Å². The van der Waals surface area contributed by atoms with Crippen molar-refractivity contribution in [3.8, 4) is 0 Å². The largest absolute Gasteiger partial charge is 0.399 e. The van der Waals surface area contributed by atoms with Gasteiger partial charge in [0, 0.05) is 38.4 Å². The fourth-order valence-corrected chi connectivity index (χ4v) is 2.78. The summed E-state index contributed by atoms with van der Waals surface area (Å²) in [7, 11) is 0. The first kappa shape index (κ1) is 24.1. The number of nitrogens with two attached hydrogens (primary N) is 5. The molecule has 13 nitrogen and oxygen atoms in total. The predicted octanol–water partition coefficient (Wildman–Crippen LogP) is -1.72. The van der Waals surface area contributed by atoms with Crippen LogP contribution in [0.1, 0.15) is 5.56 Å². The molecular weight excluding hydrogens is 394 g/mol. The lowest BCUT2D eigenvalue weighted by Crippen LogP contribution is -2.54. The summed E-state index contributed by atoms with van der Waals surface area (Å²) >= 11 is 0. The minimum Gasteiger partial charge on any atom is -0.399 e. The van der Waals surface area contributed by atoms with E-state index in [0.29, 0.717) is 12.1 Å². The van der Waals surface area contributed by atoms with Crippen molar-refractivity contribution in [2.24, 2.45) is 22.9 Å². The Hall–Kier alpha value is -3.90. The second-order valence-corrected chi connectivity index (χ2v) is 6.49. The highest BCUT2D eigenvalue weighted by Crippen LogP contribution is 2.12. The van der Waals surface area contributed by atoms with Crippen LogP contribution in [0, 0.1) is 0 Å². The summed E-state index contributed by atoms with van der Waals surface area (Å²) < 4.78 is 0. The zero-order chi connectivity index (χ0) is 22.7. The first-order valence-corrected chi connectivity index (χ1v) is 9.11. The van der Waals surface area contributed by atoms with Gasteiger partial charge in [-0.1, -0.05) is 12.1 Å². The molecule has 30 heavy (non-hydrogen) atoms. The number of hydrogen-bond donors (Lipinski definition) is 7. The number of nitrogens with zero attached hydrogens (tertiary/aromatic N) is 2. The Morgan fingerprint density at radius 2 is 1.43 bits per heavy atom. The maximum Gasteiger partial charge on any atom is 0.315 e. The molecule has 1 rings (SSSR count). The Balaban J connectivity index is 2.89. The van der Waals surface area contributed by atoms with Gasteiger partial charge >= 0.3 is 24.1 Å². The third-order valence-corrected chi connectivity index (χ3v) is 4.29. The molecule has 0 saturated heterocycles. The van der Waals surface area contributed by atoms with Crippen molar-refractivity contribution < 1.29 is 19.2 Å². The molecule has 8 amide bonds. The van der Waals surface area contributed by atoms with Gasteiger partial charge in [-0.05, 0) is 24.1 Å². The van der Waals surface area contributed by atoms with Gasteiger partial charge in [-0.25, -0.2) is 19.2 Å². The molecule has 1 aromatic carbocycles. The molecule has 13 heteroatoms. The van der Waals surface area contributed by atoms with Crippen molar-refractivity contribution in [1.29, 1.82) is 0 Å². The van der Waals surface area contributed by atoms with Crippen LogP contribution in [0.25, 0.3) is 0 Å². The summed E-state index contributed by atoms with van der Waals surface area (Å²) in [4.78, 5) is 48.2. The highest BCUT2D eigenvalue weighted by Gasteiger charge is 2.24. The van der Waals surface area contributed by atoms with Crippen molar-refractivity contribution in [3.05, 3.63) is 29.8 Å². The van der Waals surface area contributed by atoms with Crippen LogP contribution in [-0.2, 0) is 6.42 Å². The first-order valence-electron chi connectivity index (χ1n) is 9.11. The molecule has 0 aliphatic carbocycles. The fraction of sp³-hybridized carbons (Fsp3) is 0.412. The van der Waals surface area contributed by atoms with Crippen LogP contribution in [0.5, 0.6) is 0 Å². The molecule has 1 unspecified atom stereocenters. The van der Waals surface area contributed by atoms with E-state index in [0.717, 1.165) is 5.56 Å². The van der Waals surface area contributed by atoms with Gasteiger partial charge < -0.3 is 49.1 Å². The number of nitrogens with one attached hydrogen (secondary N) is 2. The zero-order valence-electron chi connectivity index (χ0n) is 16.5. The molecule has 0 fully saturated rings. The average Bonchev–Trinajstić information content (AvgIpc) is 2.65. The Morgan fingerprint density at radius 3 is 1.93 bits per heavy atom. The van der Waals surface area contributed by atoms with Gasteiger partial charge in [0.25, 0.3) is 0 Å². The number of hydrogen-bond acceptors (Lipinski definition) is 5. The van der Waals surface area contributed by atoms with Crippen LogP contribution in [-0.4, -0.2) is 72.7 Å². The van der Waals surface area contributed by atoms with Gasteiger partial charge in [0.05, 0.1) is 6.04 Å². The summed E-state index contributed by atoms with van der Waals surface area (Å²) in [6, 6.07) is 3.48. The van der Waals surface area contributed by atoms with E-state index in [4.69, 9.17) is 28.7 Å². The summed E-state index contributed by atoms with van der Waals surface area (Å²) in [6.45, 7) is 0.310. The lowest BCUT2D eigenvalue weighted by atomic mass is 10.0. The van der Waals surface area contributed by atoms with E-state index < -0.39 is 30.2 Å². The zero-order valence-corrected chi connectivity index (χ0v) is 16.5. The minimum atomic E-state index is -0.752. The molecule has 12 N–H and O–H groups in total. The molecule has 0 radical (unpaired) electrons. The van der Waals surface area contributed by atoms with Crippen molar-refractivity contribution >= 4 is 29.8 Å². The van der Waals surface area contributed by atoms with E-state index in [1.807, 2.05) is 0 Å². The second-order valence-electron chi connectivity index (χ2n) is 6.49. The molecule has 0 saturated carbocycles. The van der Waals surface area contributed by atoms with Gasteiger partial charge in [0.15, 0.2) is 0 Å². The molecule has 0 aromatic heterocycles. The van der Waals surface area contributed by atoms with E-state index >= 15 is 0 Å². The number of amides is 8. The SMILES string of the molecule is NC(=O)NCCN(CCN(C(N)=O)C(CNC(N)=O)Cc1ccc(N)cc1)C(N)=O. The van der Waals surface area contributed by atoms with Crippen molar-refractivity contribution in [2.75, 3.05) is 38.5 Å². The molecule has 1 aromatic rings. The normalized spacial score (nSPS) is 11.2. The first-order chi connectivity index (χ1) is 14.1. The summed E-state index contributed by atoms with van der Waals surface area (Å²) in [5.41, 5.74) is 28.2. The highest BCUT2D eigenvalue weighted by molar-refractivity contribution is 5.74. The molecule has 0 aliphatic rings. The van der Waals surface area contributed by atoms with Gasteiger partial charge in [0.2, 0.25) is 0 Å². The number of carbonyl (C=O) groups excluding carboxylic acids is 4. The molecular formula is C17H29N9O4. The van der Waals surface area contributed by atoms with Crippen LogP contribution in [0.3, 0.4) is 0 Å². The van der Waals surface area contributed by atoms with E-state index in [1.165, 1.54) is 9.80 Å². The molecule has 166 valence electrons. The van der Waals surface area contributed by atoms with Crippen molar-refractivity contribution in [3.63, 3.8) is 0 Å². The van der Waals surface area contributed by atoms with E-state index in [2.05, 4.69) is 10.6 Å². The van der Waals surface area contributed by atoms with Crippen molar-refractivity contribution in [1.82, 2.24) is 20.4 Å². The summed E-state index contributed by atoms with van der Waals surface area (Å²) in [6.07, 6.45) is 0.350. The maximum absolute atomic E-state index is 12.1. The lowest BCUT2D eigenvalue weighted by Gasteiger charge is -2.32. The molecule has 0 spiro atoms. The molecule has 0 heterocycles. The highest BCUT2D eigenvalue weighted by atomic mass is 16.2. The Labute approximate surface area is 173 Å². The third kappa shape index (κ3) is 8.86. The number of rotatable bonds is 11. The molecule has 0 bridgehead atoms. The van der Waals surface area contributed by atoms with Crippen molar-refractivity contribution in [2.45, 2.75) is 12.5 Å². The Bertz CT molecular complexity index is 741. The number of nitrogen functional groups attached to an aromatic ring is 1. The quantitative estimate of drug-likeness (QED) is 0.205. The van der Waals surface area contributed by atoms with Crippen LogP contribution in [0.4, 0.5) is 24.9 Å². The number of anilines is 1. The summed E-state index contributed by atoms with van der Waals surface area (Å²) in [5.74, 6) is 0. The van der Waals surface area contributed by atoms with Crippen LogP contribution in [0.15, 0.2) is 24.3 Å². The third-order valence-electron chi connectivity index (χ3n) is 4.29. The maximum atomic E-state index is 12.1. The number of primary amides is 4. The topological polar surface area (TPSA) is 229 Å². The van der Waals surface area contributed by atoms with Gasteiger partial charge in [-0.15, -0.1) is 0 Å². The van der Waals surface area contributed by atoms with E-state index in [1.54, 1.807) is 24.3 Å². The molecule has 0 aliphatic heterocycles. The number of benzene rings is 1. The predicted molar refractivity (Wildman–Crippen MR) is 111 cm³/mol. The number of urea groups is 4. The van der Waals surface area contributed by atoms with Crippen LogP contribution >= 0.6 is 0 Å². The van der Waals surface area contributed by atoms with Gasteiger partial charge in [-0.3, -0.25) is 0 Å². The van der Waals surface area contributed by atoms with Gasteiger partial charge in [-0.2, -0.15) is 0 Å². The Morgan fingerprint density at radius 1 is 0.833 bits per heavy atom. The van der Waals surface area contributed by atoms with Crippen LogP contribution in [0.2, 0.25) is 0 Å². The minimum absolute atomic E-state index is 0.0366. The lowest BCUT2D eigenvalue weighted by molar-refractivity contribution is 0.164. The smallest absolute Gasteiger partial charge is 0.315 e. The standard InChI is InChI=1S/C17H29N9O4/c18-12-3-1-11(2-4-12)9-13(10-24-15(20)28)26(17(22)30)8-7-25(16(21)29)6-5-23-14(19)27/h1-4,13H,5-10,18H2,(H2,21,29)(H2,22,30)(H3,19,23,27)(H3,20,24,28). The van der Waals surface area contributed by atoms with Crippen LogP contribution < -0.4 is 39.3 Å². The fourth-order valence-electron chi connectivity index (χ4n) is 2.78. The number of carbonyl (C=O) groups is 4.